The van der Waals surface area contributed by atoms with E-state index in [2.05, 4.69) is 29.4 Å². The van der Waals surface area contributed by atoms with Gasteiger partial charge in [0.05, 0.1) is 6.10 Å². The molecule has 0 amide bonds. The molecular weight excluding hydrogens is 224 g/mol. The Morgan fingerprint density at radius 1 is 1.44 bits per heavy atom. The Morgan fingerprint density at radius 2 is 2.22 bits per heavy atom. The largest absolute Gasteiger partial charge is 0.378 e. The number of pyridine rings is 1. The normalized spacial score (nSPS) is 24.6. The van der Waals surface area contributed by atoms with Crippen molar-refractivity contribution in [2.24, 2.45) is 5.92 Å². The molecule has 0 bridgehead atoms. The Morgan fingerprint density at radius 3 is 2.78 bits per heavy atom. The van der Waals surface area contributed by atoms with Crippen LogP contribution in [-0.2, 0) is 4.74 Å². The molecule has 2 rings (SSSR count). The van der Waals surface area contributed by atoms with Crippen molar-refractivity contribution in [3.63, 3.8) is 0 Å². The molecule has 100 valence electrons. The van der Waals surface area contributed by atoms with Gasteiger partial charge in [0.1, 0.15) is 0 Å². The van der Waals surface area contributed by atoms with E-state index in [-0.39, 0.29) is 0 Å². The lowest BCUT2D eigenvalue weighted by molar-refractivity contribution is -0.0289. The second-order valence-electron chi connectivity index (χ2n) is 5.22. The zero-order valence-corrected chi connectivity index (χ0v) is 11.6. The highest BCUT2D eigenvalue weighted by atomic mass is 16.5. The molecule has 1 aliphatic rings. The Hall–Kier alpha value is -0.930. The summed E-state index contributed by atoms with van der Waals surface area (Å²) < 4.78 is 5.61. The van der Waals surface area contributed by atoms with E-state index in [1.165, 1.54) is 24.8 Å². The van der Waals surface area contributed by atoms with Crippen LogP contribution in [0, 0.1) is 12.8 Å². The summed E-state index contributed by atoms with van der Waals surface area (Å²) in [6.45, 7) is 4.94. The van der Waals surface area contributed by atoms with Crippen LogP contribution in [0.15, 0.2) is 18.3 Å². The third-order valence-corrected chi connectivity index (χ3v) is 3.85. The van der Waals surface area contributed by atoms with Gasteiger partial charge in [0.15, 0.2) is 0 Å². The fraction of sp³-hybridized carbons (Fsp3) is 0.667. The van der Waals surface area contributed by atoms with E-state index in [1.807, 2.05) is 20.2 Å². The number of aromatic nitrogens is 1. The minimum atomic E-state index is 0.422. The van der Waals surface area contributed by atoms with Crippen molar-refractivity contribution in [1.82, 2.24) is 10.3 Å². The summed E-state index contributed by atoms with van der Waals surface area (Å²) in [6, 6.07) is 4.69. The van der Waals surface area contributed by atoms with E-state index in [0.29, 0.717) is 12.1 Å². The zero-order chi connectivity index (χ0) is 13.0. The summed E-state index contributed by atoms with van der Waals surface area (Å²) in [6.07, 6.45) is 6.12. The number of hydrogen-bond donors (Lipinski definition) is 1. The minimum Gasteiger partial charge on any atom is -0.378 e. The fourth-order valence-electron chi connectivity index (χ4n) is 2.68. The molecule has 1 fully saturated rings. The molecule has 0 spiro atoms. The van der Waals surface area contributed by atoms with Crippen LogP contribution in [0.4, 0.5) is 0 Å². The Kier molecular flexibility index (Phi) is 4.72. The highest BCUT2D eigenvalue weighted by molar-refractivity contribution is 5.17. The summed E-state index contributed by atoms with van der Waals surface area (Å²) in [5.74, 6) is 0.792. The zero-order valence-electron chi connectivity index (χ0n) is 11.6. The van der Waals surface area contributed by atoms with Gasteiger partial charge in [-0.1, -0.05) is 6.07 Å². The summed E-state index contributed by atoms with van der Waals surface area (Å²) in [7, 11) is 2.03. The average molecular weight is 248 g/mol. The fourth-order valence-corrected chi connectivity index (χ4v) is 2.68. The van der Waals surface area contributed by atoms with Crippen molar-refractivity contribution >= 4 is 0 Å². The molecule has 3 heteroatoms. The maximum absolute atomic E-state index is 5.61. The first kappa shape index (κ1) is 13.5. The molecule has 0 radical (unpaired) electrons. The third-order valence-electron chi connectivity index (χ3n) is 3.85. The van der Waals surface area contributed by atoms with Crippen LogP contribution in [0.3, 0.4) is 0 Å². The van der Waals surface area contributed by atoms with E-state index in [1.54, 1.807) is 0 Å². The topological polar surface area (TPSA) is 34.1 Å². The first-order chi connectivity index (χ1) is 8.72. The maximum atomic E-state index is 5.61. The van der Waals surface area contributed by atoms with Gasteiger partial charge < -0.3 is 10.1 Å². The number of aryl methyl sites for hydroxylation is 1. The Balaban J connectivity index is 1.85. The molecule has 1 saturated carbocycles. The molecule has 3 nitrogen and oxygen atoms in total. The van der Waals surface area contributed by atoms with Gasteiger partial charge in [-0.2, -0.15) is 0 Å². The van der Waals surface area contributed by atoms with Crippen molar-refractivity contribution in [1.29, 1.82) is 0 Å². The molecule has 0 aliphatic heterocycles. The molecule has 0 aromatic carbocycles. The van der Waals surface area contributed by atoms with Gasteiger partial charge in [-0.25, -0.2) is 0 Å². The third kappa shape index (κ3) is 3.30. The predicted molar refractivity (Wildman–Crippen MR) is 73.5 cm³/mol. The van der Waals surface area contributed by atoms with Gasteiger partial charge in [-0.05, 0) is 57.7 Å². The molecule has 1 heterocycles. The highest BCUT2D eigenvalue weighted by Gasteiger charge is 2.31. The van der Waals surface area contributed by atoms with Crippen LogP contribution < -0.4 is 5.32 Å². The van der Waals surface area contributed by atoms with Crippen molar-refractivity contribution in [2.75, 3.05) is 13.7 Å². The first-order valence-electron chi connectivity index (χ1n) is 6.94. The molecule has 1 N–H and O–H groups in total. The summed E-state index contributed by atoms with van der Waals surface area (Å²) in [5, 5.41) is 3.40. The van der Waals surface area contributed by atoms with Gasteiger partial charge >= 0.3 is 0 Å². The van der Waals surface area contributed by atoms with Gasteiger partial charge in [0.2, 0.25) is 0 Å². The first-order valence-corrected chi connectivity index (χ1v) is 6.94. The van der Waals surface area contributed by atoms with Crippen LogP contribution in [0.1, 0.15) is 43.5 Å². The predicted octanol–water partition coefficient (Wildman–Crippen LogP) is 2.86. The second kappa shape index (κ2) is 6.30. The summed E-state index contributed by atoms with van der Waals surface area (Å²) >= 11 is 0. The van der Waals surface area contributed by atoms with Gasteiger partial charge in [-0.15, -0.1) is 0 Å². The van der Waals surface area contributed by atoms with Gasteiger partial charge in [0, 0.05) is 24.5 Å². The number of hydrogen-bond acceptors (Lipinski definition) is 3. The molecule has 18 heavy (non-hydrogen) atoms. The van der Waals surface area contributed by atoms with E-state index in [4.69, 9.17) is 4.74 Å². The van der Waals surface area contributed by atoms with Crippen LogP contribution in [0.2, 0.25) is 0 Å². The highest BCUT2D eigenvalue weighted by Crippen LogP contribution is 2.36. The quantitative estimate of drug-likeness (QED) is 0.840. The molecule has 1 unspecified atom stereocenters. The van der Waals surface area contributed by atoms with E-state index in [9.17, 15) is 0 Å². The van der Waals surface area contributed by atoms with Crippen LogP contribution in [0.25, 0.3) is 0 Å². The van der Waals surface area contributed by atoms with E-state index >= 15 is 0 Å². The maximum Gasteiger partial charge on any atom is 0.0580 e. The molecular formula is C15H24N2O. The standard InChI is InChI=1S/C15H24N2O/c1-4-18-14-7-12(8-14)9-15(16-3)13-6-5-11(2)17-10-13/h5-6,10,12,14-16H,4,7-9H2,1-3H3. The lowest BCUT2D eigenvalue weighted by atomic mass is 9.77. The lowest BCUT2D eigenvalue weighted by Gasteiger charge is -2.37. The number of nitrogens with zero attached hydrogens (tertiary/aromatic N) is 1. The molecule has 1 atom stereocenters. The van der Waals surface area contributed by atoms with Gasteiger partial charge in [-0.3, -0.25) is 4.98 Å². The molecule has 1 aromatic heterocycles. The molecule has 0 saturated heterocycles. The van der Waals surface area contributed by atoms with Crippen molar-refractivity contribution in [3.05, 3.63) is 29.6 Å². The van der Waals surface area contributed by atoms with Gasteiger partial charge in [0.25, 0.3) is 0 Å². The average Bonchev–Trinajstić information content (AvgIpc) is 2.33. The second-order valence-corrected chi connectivity index (χ2v) is 5.22. The minimum absolute atomic E-state index is 0.422. The van der Waals surface area contributed by atoms with Crippen molar-refractivity contribution in [3.8, 4) is 0 Å². The summed E-state index contributed by atoms with van der Waals surface area (Å²) in [4.78, 5) is 4.38. The van der Waals surface area contributed by atoms with Crippen molar-refractivity contribution in [2.45, 2.75) is 45.3 Å². The van der Waals surface area contributed by atoms with Crippen LogP contribution in [0.5, 0.6) is 0 Å². The van der Waals surface area contributed by atoms with E-state index in [0.717, 1.165) is 18.2 Å². The molecule has 1 aliphatic carbocycles. The Bertz CT molecular complexity index is 357. The molecule has 1 aromatic rings. The lowest BCUT2D eigenvalue weighted by Crippen LogP contribution is -2.34. The number of nitrogens with one attached hydrogen (secondary N) is 1. The van der Waals surface area contributed by atoms with Crippen molar-refractivity contribution < 1.29 is 4.74 Å². The van der Waals surface area contributed by atoms with E-state index < -0.39 is 0 Å². The smallest absolute Gasteiger partial charge is 0.0580 e. The SMILES string of the molecule is CCOC1CC(CC(NC)c2ccc(C)nc2)C1. The van der Waals surface area contributed by atoms with Crippen LogP contribution >= 0.6 is 0 Å². The Labute approximate surface area is 110 Å². The monoisotopic (exact) mass is 248 g/mol. The number of ether oxygens (including phenoxy) is 1. The number of rotatable bonds is 6. The van der Waals surface area contributed by atoms with Crippen LogP contribution in [-0.4, -0.2) is 24.7 Å². The summed E-state index contributed by atoms with van der Waals surface area (Å²) in [5.41, 5.74) is 2.37.